The number of benzene rings is 1. The molecule has 0 saturated carbocycles. The van der Waals surface area contributed by atoms with E-state index in [2.05, 4.69) is 35.6 Å². The second-order valence-electron chi connectivity index (χ2n) is 8.04. The lowest BCUT2D eigenvalue weighted by Crippen LogP contribution is -2.40. The molecule has 152 valence electrons. The van der Waals surface area contributed by atoms with Gasteiger partial charge < -0.3 is 14.7 Å². The molecule has 1 aliphatic heterocycles. The zero-order valence-corrected chi connectivity index (χ0v) is 17.2. The predicted octanol–water partition coefficient (Wildman–Crippen LogP) is 3.83. The van der Waals surface area contributed by atoms with Crippen LogP contribution < -0.4 is 5.32 Å². The summed E-state index contributed by atoms with van der Waals surface area (Å²) in [5.41, 5.74) is 2.19. The number of unbranched alkanes of at least 4 members (excludes halogenated alkanes) is 1. The SMILES string of the molecule is CCCCc1cc(C[C@H]2CNCC[C@H]2CC(=O)N(C)Cc2ccccc2)no1. The maximum atomic E-state index is 12.8. The molecule has 3 rings (SSSR count). The molecule has 1 N–H and O–H groups in total. The zero-order valence-electron chi connectivity index (χ0n) is 17.2. The summed E-state index contributed by atoms with van der Waals surface area (Å²) in [5.74, 6) is 2.02. The van der Waals surface area contributed by atoms with Crippen LogP contribution in [0.5, 0.6) is 0 Å². The molecule has 0 aliphatic carbocycles. The number of rotatable bonds is 9. The first-order valence-electron chi connectivity index (χ1n) is 10.6. The number of nitrogens with zero attached hydrogens (tertiary/aromatic N) is 2. The van der Waals surface area contributed by atoms with Crippen molar-refractivity contribution in [3.05, 3.63) is 53.4 Å². The first kappa shape index (κ1) is 20.6. The minimum atomic E-state index is 0.226. The number of aryl methyl sites for hydroxylation is 1. The lowest BCUT2D eigenvalue weighted by molar-refractivity contribution is -0.132. The van der Waals surface area contributed by atoms with Crippen molar-refractivity contribution >= 4 is 5.91 Å². The molecule has 0 unspecified atom stereocenters. The van der Waals surface area contributed by atoms with E-state index in [-0.39, 0.29) is 5.91 Å². The lowest BCUT2D eigenvalue weighted by atomic mass is 9.81. The molecule has 0 spiro atoms. The Hall–Kier alpha value is -2.14. The molecular formula is C23H33N3O2. The molecule has 1 aliphatic rings. The Balaban J connectivity index is 1.55. The van der Waals surface area contributed by atoms with Crippen molar-refractivity contribution in [3.8, 4) is 0 Å². The van der Waals surface area contributed by atoms with Crippen molar-refractivity contribution in [1.29, 1.82) is 0 Å². The Morgan fingerprint density at radius 3 is 2.89 bits per heavy atom. The second kappa shape index (κ2) is 10.4. The minimum Gasteiger partial charge on any atom is -0.361 e. The standard InChI is InChI=1S/C23H33N3O2/c1-3-4-10-22-15-21(25-28-22)13-20-16-24-12-11-19(20)14-23(27)26(2)17-18-8-6-5-7-9-18/h5-9,15,19-20,24H,3-4,10-14,16-17H2,1-2H3/t19-,20-/m0/s1. The monoisotopic (exact) mass is 383 g/mol. The van der Waals surface area contributed by atoms with Crippen molar-refractivity contribution in [1.82, 2.24) is 15.4 Å². The number of carbonyl (C=O) groups is 1. The Labute approximate surface area is 168 Å². The van der Waals surface area contributed by atoms with Gasteiger partial charge in [-0.15, -0.1) is 0 Å². The number of piperidine rings is 1. The largest absolute Gasteiger partial charge is 0.361 e. The van der Waals surface area contributed by atoms with E-state index in [0.29, 0.717) is 24.8 Å². The van der Waals surface area contributed by atoms with Gasteiger partial charge in [-0.05, 0) is 49.8 Å². The normalized spacial score (nSPS) is 19.5. The molecule has 0 bridgehead atoms. The highest BCUT2D eigenvalue weighted by Gasteiger charge is 2.29. The van der Waals surface area contributed by atoms with Gasteiger partial charge in [-0.2, -0.15) is 0 Å². The molecule has 0 radical (unpaired) electrons. The van der Waals surface area contributed by atoms with E-state index in [4.69, 9.17) is 4.52 Å². The molecule has 2 atom stereocenters. The zero-order chi connectivity index (χ0) is 19.8. The average Bonchev–Trinajstić information content (AvgIpc) is 3.16. The summed E-state index contributed by atoms with van der Waals surface area (Å²) >= 11 is 0. The Morgan fingerprint density at radius 1 is 1.29 bits per heavy atom. The van der Waals surface area contributed by atoms with E-state index >= 15 is 0 Å². The summed E-state index contributed by atoms with van der Waals surface area (Å²) in [6.45, 7) is 4.77. The minimum absolute atomic E-state index is 0.226. The van der Waals surface area contributed by atoms with Crippen molar-refractivity contribution in [2.45, 2.75) is 52.0 Å². The fourth-order valence-electron chi connectivity index (χ4n) is 4.00. The van der Waals surface area contributed by atoms with Gasteiger partial charge in [-0.1, -0.05) is 48.8 Å². The predicted molar refractivity (Wildman–Crippen MR) is 111 cm³/mol. The summed E-state index contributed by atoms with van der Waals surface area (Å²) in [6.07, 6.45) is 5.77. The van der Waals surface area contributed by atoms with Crippen LogP contribution in [0, 0.1) is 11.8 Å². The average molecular weight is 384 g/mol. The van der Waals surface area contributed by atoms with E-state index in [1.807, 2.05) is 30.1 Å². The molecule has 1 fully saturated rings. The van der Waals surface area contributed by atoms with Crippen molar-refractivity contribution < 1.29 is 9.32 Å². The van der Waals surface area contributed by atoms with Crippen LogP contribution in [0.15, 0.2) is 40.9 Å². The second-order valence-corrected chi connectivity index (χ2v) is 8.04. The maximum Gasteiger partial charge on any atom is 0.222 e. The Bertz CT molecular complexity index is 728. The summed E-state index contributed by atoms with van der Waals surface area (Å²) in [4.78, 5) is 14.7. The summed E-state index contributed by atoms with van der Waals surface area (Å²) in [5, 5.41) is 7.75. The van der Waals surface area contributed by atoms with Crippen LogP contribution in [0.2, 0.25) is 0 Å². The van der Waals surface area contributed by atoms with Gasteiger partial charge in [-0.25, -0.2) is 0 Å². The van der Waals surface area contributed by atoms with Gasteiger partial charge in [0.25, 0.3) is 0 Å². The van der Waals surface area contributed by atoms with Crippen LogP contribution in [0.3, 0.4) is 0 Å². The molecular weight excluding hydrogens is 350 g/mol. The molecule has 1 aromatic carbocycles. The van der Waals surface area contributed by atoms with Crippen molar-refractivity contribution in [2.75, 3.05) is 20.1 Å². The molecule has 28 heavy (non-hydrogen) atoms. The number of carbonyl (C=O) groups excluding carboxylic acids is 1. The third-order valence-corrected chi connectivity index (χ3v) is 5.75. The van der Waals surface area contributed by atoms with E-state index in [1.54, 1.807) is 0 Å². The third kappa shape index (κ3) is 5.93. The maximum absolute atomic E-state index is 12.8. The van der Waals surface area contributed by atoms with Crippen LogP contribution in [0.4, 0.5) is 0 Å². The van der Waals surface area contributed by atoms with Gasteiger partial charge in [0.15, 0.2) is 0 Å². The molecule has 2 aromatic rings. The van der Waals surface area contributed by atoms with Crippen molar-refractivity contribution in [2.24, 2.45) is 11.8 Å². The molecule has 2 heterocycles. The van der Waals surface area contributed by atoms with Gasteiger partial charge in [0.1, 0.15) is 5.76 Å². The van der Waals surface area contributed by atoms with Crippen LogP contribution in [0.25, 0.3) is 0 Å². The molecule has 1 amide bonds. The summed E-state index contributed by atoms with van der Waals surface area (Å²) in [7, 11) is 1.91. The first-order chi connectivity index (χ1) is 13.7. The van der Waals surface area contributed by atoms with Gasteiger partial charge in [0.05, 0.1) is 5.69 Å². The highest BCUT2D eigenvalue weighted by atomic mass is 16.5. The molecule has 5 nitrogen and oxygen atoms in total. The number of aromatic nitrogens is 1. The van der Waals surface area contributed by atoms with E-state index < -0.39 is 0 Å². The summed E-state index contributed by atoms with van der Waals surface area (Å²) < 4.78 is 5.48. The number of amides is 1. The van der Waals surface area contributed by atoms with Gasteiger partial charge >= 0.3 is 0 Å². The van der Waals surface area contributed by atoms with Crippen LogP contribution in [0.1, 0.15) is 49.6 Å². The van der Waals surface area contributed by atoms with E-state index in [9.17, 15) is 4.79 Å². The third-order valence-electron chi connectivity index (χ3n) is 5.75. The Morgan fingerprint density at radius 2 is 2.11 bits per heavy atom. The van der Waals surface area contributed by atoms with E-state index in [1.165, 1.54) is 5.56 Å². The number of hydrogen-bond acceptors (Lipinski definition) is 4. The highest BCUT2D eigenvalue weighted by Crippen LogP contribution is 2.27. The van der Waals surface area contributed by atoms with E-state index in [0.717, 1.165) is 56.6 Å². The smallest absolute Gasteiger partial charge is 0.222 e. The van der Waals surface area contributed by atoms with Crippen LogP contribution in [-0.4, -0.2) is 36.1 Å². The summed E-state index contributed by atoms with van der Waals surface area (Å²) in [6, 6.07) is 12.3. The fourth-order valence-corrected chi connectivity index (χ4v) is 4.00. The van der Waals surface area contributed by atoms with Crippen LogP contribution in [-0.2, 0) is 24.2 Å². The number of hydrogen-bond donors (Lipinski definition) is 1. The fraction of sp³-hybridized carbons (Fsp3) is 0.565. The molecule has 5 heteroatoms. The number of nitrogens with one attached hydrogen (secondary N) is 1. The van der Waals surface area contributed by atoms with Gasteiger partial charge in [-0.3, -0.25) is 4.79 Å². The molecule has 1 saturated heterocycles. The molecule has 1 aromatic heterocycles. The van der Waals surface area contributed by atoms with Crippen molar-refractivity contribution in [3.63, 3.8) is 0 Å². The van der Waals surface area contributed by atoms with Gasteiger partial charge in [0.2, 0.25) is 5.91 Å². The van der Waals surface area contributed by atoms with Crippen LogP contribution >= 0.6 is 0 Å². The lowest BCUT2D eigenvalue weighted by Gasteiger charge is -2.32. The first-order valence-corrected chi connectivity index (χ1v) is 10.6. The topological polar surface area (TPSA) is 58.4 Å². The van der Waals surface area contributed by atoms with Gasteiger partial charge in [0, 0.05) is 32.5 Å². The quantitative estimate of drug-likeness (QED) is 0.715. The highest BCUT2D eigenvalue weighted by molar-refractivity contribution is 5.76. The Kier molecular flexibility index (Phi) is 7.66.